The van der Waals surface area contributed by atoms with Gasteiger partial charge in [-0.15, -0.1) is 0 Å². The van der Waals surface area contributed by atoms with Crippen molar-refractivity contribution in [3.63, 3.8) is 0 Å². The molecule has 2 N–H and O–H groups in total. The maximum absolute atomic E-state index is 12.7. The van der Waals surface area contributed by atoms with Gasteiger partial charge in [0.25, 0.3) is 11.8 Å². The molecular formula is C22H38N2O8P2. The van der Waals surface area contributed by atoms with Gasteiger partial charge in [0.2, 0.25) is 0 Å². The Bertz CT molecular complexity index is 776. The first-order chi connectivity index (χ1) is 16.2. The number of benzene rings is 1. The number of hydrogen-bond acceptors (Lipinski definition) is 8. The molecule has 0 spiro atoms. The van der Waals surface area contributed by atoms with Crippen LogP contribution < -0.4 is 10.6 Å². The lowest BCUT2D eigenvalue weighted by Crippen LogP contribution is -2.31. The van der Waals surface area contributed by atoms with Crippen molar-refractivity contribution in [2.45, 2.75) is 40.5 Å². The van der Waals surface area contributed by atoms with Crippen LogP contribution in [0.1, 0.15) is 61.3 Å². The van der Waals surface area contributed by atoms with Gasteiger partial charge in [-0.1, -0.05) is 12.1 Å². The van der Waals surface area contributed by atoms with E-state index < -0.39 is 27.0 Å². The van der Waals surface area contributed by atoms with Gasteiger partial charge in [-0.2, -0.15) is 0 Å². The molecule has 194 valence electrons. The molecule has 0 unspecified atom stereocenters. The van der Waals surface area contributed by atoms with Crippen LogP contribution in [0.15, 0.2) is 24.3 Å². The summed E-state index contributed by atoms with van der Waals surface area (Å²) in [6.45, 7) is 8.59. The summed E-state index contributed by atoms with van der Waals surface area (Å²) in [6.07, 6.45) is 1.17. The Balaban J connectivity index is 2.61. The Labute approximate surface area is 202 Å². The molecule has 34 heavy (non-hydrogen) atoms. The number of amides is 2. The third-order valence-electron chi connectivity index (χ3n) is 4.51. The second kappa shape index (κ2) is 16.2. The Morgan fingerprint density at radius 1 is 0.676 bits per heavy atom. The maximum atomic E-state index is 12.7. The quantitative estimate of drug-likeness (QED) is 0.214. The summed E-state index contributed by atoms with van der Waals surface area (Å²) in [7, 11) is -6.33. The average Bonchev–Trinajstić information content (AvgIpc) is 2.80. The fraction of sp³-hybridized carbons (Fsp3) is 0.636. The van der Waals surface area contributed by atoms with E-state index in [-0.39, 0.29) is 63.0 Å². The van der Waals surface area contributed by atoms with Crippen LogP contribution >= 0.6 is 15.2 Å². The summed E-state index contributed by atoms with van der Waals surface area (Å²) in [5, 5.41) is 5.49. The van der Waals surface area contributed by atoms with Crippen LogP contribution in [0.25, 0.3) is 0 Å². The molecule has 0 saturated carbocycles. The molecule has 0 aliphatic heterocycles. The van der Waals surface area contributed by atoms with Gasteiger partial charge in [0.1, 0.15) is 0 Å². The van der Waals surface area contributed by atoms with Crippen molar-refractivity contribution in [3.05, 3.63) is 35.4 Å². The Hall–Kier alpha value is -1.54. The zero-order valence-corrected chi connectivity index (χ0v) is 22.3. The predicted molar refractivity (Wildman–Crippen MR) is 132 cm³/mol. The molecule has 0 aliphatic rings. The molecule has 0 saturated heterocycles. The summed E-state index contributed by atoms with van der Waals surface area (Å²) < 4.78 is 45.9. The lowest BCUT2D eigenvalue weighted by molar-refractivity contribution is 0.0919. The van der Waals surface area contributed by atoms with E-state index in [0.717, 1.165) is 0 Å². The number of nitrogens with one attached hydrogen (secondary N) is 2. The van der Waals surface area contributed by atoms with Crippen molar-refractivity contribution in [1.82, 2.24) is 10.6 Å². The first-order valence-electron chi connectivity index (χ1n) is 11.7. The highest BCUT2D eigenvalue weighted by molar-refractivity contribution is 7.54. The summed E-state index contributed by atoms with van der Waals surface area (Å²) >= 11 is 0. The van der Waals surface area contributed by atoms with Crippen molar-refractivity contribution in [3.8, 4) is 0 Å². The Morgan fingerprint density at radius 2 is 1.00 bits per heavy atom. The second-order valence-electron chi connectivity index (χ2n) is 7.10. The minimum absolute atomic E-state index is 0.185. The number of rotatable bonds is 18. The molecule has 0 fully saturated rings. The van der Waals surface area contributed by atoms with E-state index in [0.29, 0.717) is 12.8 Å². The molecule has 0 atom stereocenters. The van der Waals surface area contributed by atoms with Gasteiger partial charge in [0.05, 0.1) is 49.9 Å². The first-order valence-corrected chi connectivity index (χ1v) is 15.1. The third-order valence-corrected chi connectivity index (χ3v) is 8.84. The molecule has 1 aromatic carbocycles. The summed E-state index contributed by atoms with van der Waals surface area (Å²) in [5.41, 5.74) is 0.458. The van der Waals surface area contributed by atoms with Crippen LogP contribution in [-0.2, 0) is 27.2 Å². The maximum Gasteiger partial charge on any atom is 0.330 e. The smallest absolute Gasteiger partial charge is 0.330 e. The standard InChI is InChI=1S/C22H38N2O8P2/c1-5-29-33(27,30-6-2)17-11-15-23-21(25)19-13-9-10-14-20(19)22(26)24-16-12-18-34(28,31-7-3)32-8-4/h9-10,13-14H,5-8,11-12,15-18H2,1-4H3,(H,23,25)(H,24,26). The van der Waals surface area contributed by atoms with E-state index in [1.165, 1.54) is 0 Å². The lowest BCUT2D eigenvalue weighted by atomic mass is 10.1. The molecule has 2 amide bonds. The van der Waals surface area contributed by atoms with Crippen LogP contribution in [0.2, 0.25) is 0 Å². The van der Waals surface area contributed by atoms with Gasteiger partial charge in [0, 0.05) is 13.1 Å². The zero-order valence-electron chi connectivity index (χ0n) is 20.5. The fourth-order valence-corrected chi connectivity index (χ4v) is 6.47. The van der Waals surface area contributed by atoms with Gasteiger partial charge in [0.15, 0.2) is 0 Å². The normalized spacial score (nSPS) is 11.9. The topological polar surface area (TPSA) is 129 Å². The summed E-state index contributed by atoms with van der Waals surface area (Å²) in [6, 6.07) is 6.47. The van der Waals surface area contributed by atoms with Gasteiger partial charge in [-0.3, -0.25) is 18.7 Å². The Kier molecular flexibility index (Phi) is 14.5. The lowest BCUT2D eigenvalue weighted by Gasteiger charge is -2.17. The average molecular weight is 521 g/mol. The van der Waals surface area contributed by atoms with Crippen molar-refractivity contribution in [2.75, 3.05) is 51.8 Å². The van der Waals surface area contributed by atoms with Gasteiger partial charge < -0.3 is 28.7 Å². The largest absolute Gasteiger partial charge is 0.352 e. The van der Waals surface area contributed by atoms with Crippen molar-refractivity contribution in [1.29, 1.82) is 0 Å². The van der Waals surface area contributed by atoms with Crippen molar-refractivity contribution in [2.24, 2.45) is 0 Å². The van der Waals surface area contributed by atoms with E-state index in [1.54, 1.807) is 52.0 Å². The van der Waals surface area contributed by atoms with Crippen LogP contribution in [0.3, 0.4) is 0 Å². The van der Waals surface area contributed by atoms with Crippen LogP contribution in [0.4, 0.5) is 0 Å². The molecule has 1 rings (SSSR count). The van der Waals surface area contributed by atoms with Crippen molar-refractivity contribution >= 4 is 27.0 Å². The second-order valence-corrected chi connectivity index (χ2v) is 11.5. The molecule has 0 heterocycles. The van der Waals surface area contributed by atoms with Crippen LogP contribution in [0.5, 0.6) is 0 Å². The fourth-order valence-electron chi connectivity index (χ4n) is 3.14. The van der Waals surface area contributed by atoms with E-state index in [9.17, 15) is 18.7 Å². The van der Waals surface area contributed by atoms with Crippen molar-refractivity contribution < 1.29 is 36.8 Å². The molecule has 12 heteroatoms. The number of carbonyl (C=O) groups excluding carboxylic acids is 2. The minimum atomic E-state index is -3.17. The van der Waals surface area contributed by atoms with Gasteiger partial charge in [-0.25, -0.2) is 0 Å². The monoisotopic (exact) mass is 520 g/mol. The molecule has 0 radical (unpaired) electrons. The SMILES string of the molecule is CCOP(=O)(CCCNC(=O)c1ccccc1C(=O)NCCCP(=O)(OCC)OCC)OCC. The zero-order chi connectivity index (χ0) is 25.5. The van der Waals surface area contributed by atoms with Crippen LogP contribution in [0, 0.1) is 0 Å². The van der Waals surface area contributed by atoms with E-state index in [2.05, 4.69) is 10.6 Å². The third kappa shape index (κ3) is 10.8. The highest BCUT2D eigenvalue weighted by atomic mass is 31.2. The summed E-state index contributed by atoms with van der Waals surface area (Å²) in [4.78, 5) is 25.3. The predicted octanol–water partition coefficient (Wildman–Crippen LogP) is 4.46. The molecular weight excluding hydrogens is 482 g/mol. The van der Waals surface area contributed by atoms with E-state index in [1.807, 2.05) is 0 Å². The Morgan fingerprint density at radius 3 is 1.29 bits per heavy atom. The molecule has 1 aromatic rings. The van der Waals surface area contributed by atoms with Gasteiger partial charge >= 0.3 is 15.2 Å². The van der Waals surface area contributed by atoms with E-state index >= 15 is 0 Å². The molecule has 0 aromatic heterocycles. The number of hydrogen-bond donors (Lipinski definition) is 2. The molecule has 0 bridgehead atoms. The minimum Gasteiger partial charge on any atom is -0.352 e. The molecule has 10 nitrogen and oxygen atoms in total. The first kappa shape index (κ1) is 30.5. The highest BCUT2D eigenvalue weighted by Gasteiger charge is 2.24. The van der Waals surface area contributed by atoms with Gasteiger partial charge in [-0.05, 0) is 52.7 Å². The summed E-state index contributed by atoms with van der Waals surface area (Å²) in [5.74, 6) is -0.823. The molecule has 0 aliphatic carbocycles. The highest BCUT2D eigenvalue weighted by Crippen LogP contribution is 2.49. The number of carbonyl (C=O) groups is 2. The van der Waals surface area contributed by atoms with E-state index in [4.69, 9.17) is 18.1 Å². The van der Waals surface area contributed by atoms with Crippen LogP contribution in [-0.4, -0.2) is 63.7 Å².